The van der Waals surface area contributed by atoms with Gasteiger partial charge in [0.15, 0.2) is 11.4 Å². The van der Waals surface area contributed by atoms with Crippen molar-refractivity contribution < 1.29 is 9.59 Å². The number of nitrogens with one attached hydrogen (secondary N) is 1. The summed E-state index contributed by atoms with van der Waals surface area (Å²) in [5, 5.41) is 6.17. The van der Waals surface area contributed by atoms with E-state index in [2.05, 4.69) is 10.3 Å². The van der Waals surface area contributed by atoms with Crippen LogP contribution in [0.2, 0.25) is 0 Å². The van der Waals surface area contributed by atoms with Crippen LogP contribution in [0.3, 0.4) is 0 Å². The number of nitrogens with zero attached hydrogens (tertiary/aromatic N) is 2. The molecule has 1 amide bonds. The Balaban J connectivity index is 1.51. The zero-order chi connectivity index (χ0) is 18.8. The molecule has 0 aliphatic rings. The Kier molecular flexibility index (Phi) is 4.56. The maximum atomic E-state index is 12.5. The lowest BCUT2D eigenvalue weighted by atomic mass is 10.1. The Morgan fingerprint density at radius 1 is 1.19 bits per heavy atom. The minimum absolute atomic E-state index is 0.119. The van der Waals surface area contributed by atoms with Crippen LogP contribution < -0.4 is 5.32 Å². The minimum atomic E-state index is -0.182. The quantitative estimate of drug-likeness (QED) is 0.522. The number of fused-ring (bicyclic) bond motifs is 1. The lowest BCUT2D eigenvalue weighted by molar-refractivity contribution is -0.116. The van der Waals surface area contributed by atoms with Gasteiger partial charge >= 0.3 is 0 Å². The monoisotopic (exact) mass is 375 g/mol. The Morgan fingerprint density at radius 2 is 1.96 bits per heavy atom. The topological polar surface area (TPSA) is 64.0 Å². The van der Waals surface area contributed by atoms with Crippen LogP contribution in [-0.4, -0.2) is 21.7 Å². The van der Waals surface area contributed by atoms with Gasteiger partial charge in [0.25, 0.3) is 0 Å². The summed E-state index contributed by atoms with van der Waals surface area (Å²) in [6, 6.07) is 15.6. The van der Waals surface area contributed by atoms with Crippen LogP contribution in [0.25, 0.3) is 22.2 Å². The molecule has 0 unspecified atom stereocenters. The van der Waals surface area contributed by atoms with Crippen molar-refractivity contribution in [3.8, 4) is 11.3 Å². The Bertz CT molecular complexity index is 1130. The van der Waals surface area contributed by atoms with Crippen LogP contribution in [0.15, 0.2) is 60.1 Å². The third kappa shape index (κ3) is 3.52. The fraction of sp³-hybridized carbons (Fsp3) is 0.0952. The molecular formula is C21H17N3O2S. The van der Waals surface area contributed by atoms with Gasteiger partial charge in [-0.3, -0.25) is 9.59 Å². The largest absolute Gasteiger partial charge is 0.337 e. The first-order valence-corrected chi connectivity index (χ1v) is 9.37. The number of rotatable bonds is 5. The van der Waals surface area contributed by atoms with Crippen molar-refractivity contribution in [3.05, 3.63) is 71.2 Å². The first kappa shape index (κ1) is 17.2. The van der Waals surface area contributed by atoms with Crippen molar-refractivity contribution in [3.63, 3.8) is 0 Å². The molecular weight excluding hydrogens is 358 g/mol. The van der Waals surface area contributed by atoms with Crippen molar-refractivity contribution in [1.29, 1.82) is 0 Å². The zero-order valence-corrected chi connectivity index (χ0v) is 15.5. The van der Waals surface area contributed by atoms with E-state index in [0.29, 0.717) is 10.7 Å². The molecule has 0 bridgehead atoms. The van der Waals surface area contributed by atoms with Gasteiger partial charge in [-0.1, -0.05) is 48.0 Å². The van der Waals surface area contributed by atoms with E-state index in [9.17, 15) is 9.59 Å². The highest BCUT2D eigenvalue weighted by Crippen LogP contribution is 2.25. The molecule has 6 heteroatoms. The lowest BCUT2D eigenvalue weighted by Gasteiger charge is -2.05. The van der Waals surface area contributed by atoms with E-state index in [-0.39, 0.29) is 12.5 Å². The third-order valence-electron chi connectivity index (χ3n) is 4.36. The molecule has 0 fully saturated rings. The minimum Gasteiger partial charge on any atom is -0.337 e. The number of benzene rings is 2. The fourth-order valence-electron chi connectivity index (χ4n) is 3.00. The predicted molar refractivity (Wildman–Crippen MR) is 108 cm³/mol. The number of hydrogen-bond acceptors (Lipinski definition) is 4. The molecule has 1 N–H and O–H groups in total. The van der Waals surface area contributed by atoms with E-state index in [4.69, 9.17) is 0 Å². The molecule has 5 nitrogen and oxygen atoms in total. The summed E-state index contributed by atoms with van der Waals surface area (Å²) in [5.41, 5.74) is 4.48. The molecule has 0 spiro atoms. The smallest absolute Gasteiger partial charge is 0.246 e. The van der Waals surface area contributed by atoms with Crippen molar-refractivity contribution in [2.75, 3.05) is 5.32 Å². The average molecular weight is 375 g/mol. The zero-order valence-electron chi connectivity index (χ0n) is 14.7. The first-order chi connectivity index (χ1) is 13.1. The molecule has 0 radical (unpaired) electrons. The molecule has 2 heterocycles. The number of aldehydes is 1. The van der Waals surface area contributed by atoms with Gasteiger partial charge in [-0.05, 0) is 13.0 Å². The number of hydrogen-bond donors (Lipinski definition) is 1. The van der Waals surface area contributed by atoms with Gasteiger partial charge in [0, 0.05) is 33.6 Å². The number of aryl methyl sites for hydroxylation is 1. The molecule has 0 atom stereocenters. The SMILES string of the molecule is Cc1ccc(-c2csc(NC(=O)Cn3cc(C=O)c4ccccc43)n2)cc1. The van der Waals surface area contributed by atoms with Gasteiger partial charge in [-0.2, -0.15) is 0 Å². The second-order valence-corrected chi connectivity index (χ2v) is 7.16. The summed E-state index contributed by atoms with van der Waals surface area (Å²) in [6.45, 7) is 2.16. The second kappa shape index (κ2) is 7.17. The van der Waals surface area contributed by atoms with Crippen molar-refractivity contribution in [2.45, 2.75) is 13.5 Å². The fourth-order valence-corrected chi connectivity index (χ4v) is 3.74. The lowest BCUT2D eigenvalue weighted by Crippen LogP contribution is -2.18. The van der Waals surface area contributed by atoms with Crippen LogP contribution in [0.1, 0.15) is 15.9 Å². The van der Waals surface area contributed by atoms with Crippen molar-refractivity contribution >= 4 is 39.6 Å². The van der Waals surface area contributed by atoms with Gasteiger partial charge in [0.1, 0.15) is 6.54 Å². The highest BCUT2D eigenvalue weighted by Gasteiger charge is 2.12. The van der Waals surface area contributed by atoms with Crippen LogP contribution in [0, 0.1) is 6.92 Å². The average Bonchev–Trinajstić information content (AvgIpc) is 3.27. The van der Waals surface area contributed by atoms with Gasteiger partial charge in [-0.25, -0.2) is 4.98 Å². The van der Waals surface area contributed by atoms with E-state index in [0.717, 1.165) is 28.4 Å². The number of thiazole rings is 1. The second-order valence-electron chi connectivity index (χ2n) is 6.30. The van der Waals surface area contributed by atoms with Crippen LogP contribution in [0.4, 0.5) is 5.13 Å². The van der Waals surface area contributed by atoms with Gasteiger partial charge in [-0.15, -0.1) is 11.3 Å². The molecule has 27 heavy (non-hydrogen) atoms. The summed E-state index contributed by atoms with van der Waals surface area (Å²) in [4.78, 5) is 28.2. The molecule has 134 valence electrons. The summed E-state index contributed by atoms with van der Waals surface area (Å²) < 4.78 is 1.78. The molecule has 0 saturated heterocycles. The standard InChI is InChI=1S/C21H17N3O2S/c1-14-6-8-15(9-7-14)18-13-27-21(22-18)23-20(26)11-24-10-16(12-25)17-4-2-3-5-19(17)24/h2-10,12-13H,11H2,1H3,(H,22,23,26). The van der Waals surface area contributed by atoms with Gasteiger partial charge in [0.05, 0.1) is 5.69 Å². The molecule has 2 aromatic heterocycles. The number of carbonyl (C=O) groups is 2. The van der Waals surface area contributed by atoms with E-state index in [1.165, 1.54) is 16.9 Å². The van der Waals surface area contributed by atoms with Crippen molar-refractivity contribution in [2.24, 2.45) is 0 Å². The molecule has 2 aromatic carbocycles. The normalized spacial score (nSPS) is 10.9. The molecule has 4 rings (SSSR count). The first-order valence-electron chi connectivity index (χ1n) is 8.49. The Hall–Kier alpha value is -3.25. The summed E-state index contributed by atoms with van der Waals surface area (Å²) >= 11 is 1.39. The van der Waals surface area contributed by atoms with E-state index in [1.807, 2.05) is 60.8 Å². The van der Waals surface area contributed by atoms with Crippen LogP contribution >= 0.6 is 11.3 Å². The number of aromatic nitrogens is 2. The van der Waals surface area contributed by atoms with Crippen LogP contribution in [0.5, 0.6) is 0 Å². The summed E-state index contributed by atoms with van der Waals surface area (Å²) in [7, 11) is 0. The van der Waals surface area contributed by atoms with Gasteiger partial charge < -0.3 is 9.88 Å². The number of carbonyl (C=O) groups excluding carboxylic acids is 2. The maximum Gasteiger partial charge on any atom is 0.246 e. The number of para-hydroxylation sites is 1. The maximum absolute atomic E-state index is 12.5. The highest BCUT2D eigenvalue weighted by molar-refractivity contribution is 7.14. The molecule has 0 aliphatic carbocycles. The third-order valence-corrected chi connectivity index (χ3v) is 5.12. The predicted octanol–water partition coefficient (Wildman–Crippen LogP) is 4.52. The molecule has 0 saturated carbocycles. The molecule has 0 aliphatic heterocycles. The summed E-state index contributed by atoms with van der Waals surface area (Å²) in [6.07, 6.45) is 2.52. The van der Waals surface area contributed by atoms with Crippen LogP contribution in [-0.2, 0) is 11.3 Å². The summed E-state index contributed by atoms with van der Waals surface area (Å²) in [5.74, 6) is -0.182. The highest BCUT2D eigenvalue weighted by atomic mass is 32.1. The van der Waals surface area contributed by atoms with E-state index >= 15 is 0 Å². The van der Waals surface area contributed by atoms with Gasteiger partial charge in [0.2, 0.25) is 5.91 Å². The Labute approximate surface area is 160 Å². The van der Waals surface area contributed by atoms with E-state index < -0.39 is 0 Å². The molecule has 4 aromatic rings. The van der Waals surface area contributed by atoms with Crippen molar-refractivity contribution in [1.82, 2.24) is 9.55 Å². The number of anilines is 1. The Morgan fingerprint density at radius 3 is 2.74 bits per heavy atom. The number of amides is 1. The van der Waals surface area contributed by atoms with E-state index in [1.54, 1.807) is 10.8 Å².